The van der Waals surface area contributed by atoms with Crippen LogP contribution in [0.25, 0.3) is 10.9 Å². The smallest absolute Gasteiger partial charge is 0.328 e. The Morgan fingerprint density at radius 1 is 1.25 bits per heavy atom. The molecule has 6 heteroatoms. The number of nitrogens with two attached hydrogens (primary N) is 1. The van der Waals surface area contributed by atoms with E-state index in [1.54, 1.807) is 4.90 Å². The van der Waals surface area contributed by atoms with E-state index in [1.165, 1.54) is 0 Å². The van der Waals surface area contributed by atoms with Gasteiger partial charge < -0.3 is 10.3 Å². The number of amides is 3. The number of aromatic nitrogens is 1. The minimum absolute atomic E-state index is 0.223. The first-order valence-electron chi connectivity index (χ1n) is 6.60. The predicted octanol–water partition coefficient (Wildman–Crippen LogP) is 1.05. The summed E-state index contributed by atoms with van der Waals surface area (Å²) < 4.78 is 2.06. The summed E-state index contributed by atoms with van der Waals surface area (Å²) in [5, 5.41) is 3.34. The summed E-state index contributed by atoms with van der Waals surface area (Å²) in [6, 6.07) is 7.42. The summed E-state index contributed by atoms with van der Waals surface area (Å²) in [6.07, 6.45) is 2.29. The highest BCUT2D eigenvalue weighted by atomic mass is 16.2. The Labute approximate surface area is 116 Å². The molecule has 1 aromatic heterocycles. The Morgan fingerprint density at radius 2 is 2.10 bits per heavy atom. The van der Waals surface area contributed by atoms with Crippen molar-refractivity contribution in [2.24, 2.45) is 5.73 Å². The van der Waals surface area contributed by atoms with Crippen LogP contribution in [-0.4, -0.2) is 29.6 Å². The number of hydrogen-bond donors (Lipinski definition) is 2. The normalized spacial score (nSPS) is 15.8. The van der Waals surface area contributed by atoms with Crippen molar-refractivity contribution in [2.75, 3.05) is 18.0 Å². The van der Waals surface area contributed by atoms with Crippen molar-refractivity contribution in [3.63, 3.8) is 0 Å². The number of rotatable bonds is 3. The molecule has 0 saturated carbocycles. The number of imide groups is 1. The third-order valence-electron chi connectivity index (χ3n) is 3.51. The van der Waals surface area contributed by atoms with Crippen LogP contribution in [0.1, 0.15) is 6.42 Å². The first kappa shape index (κ1) is 12.7. The molecule has 0 bridgehead atoms. The van der Waals surface area contributed by atoms with Crippen molar-refractivity contribution in [1.82, 2.24) is 9.88 Å². The third-order valence-corrected chi connectivity index (χ3v) is 3.51. The zero-order valence-electron chi connectivity index (χ0n) is 11.0. The van der Waals surface area contributed by atoms with Gasteiger partial charge in [-0.05, 0) is 18.2 Å². The number of urea groups is 1. The predicted molar refractivity (Wildman–Crippen MR) is 76.5 cm³/mol. The van der Waals surface area contributed by atoms with Crippen LogP contribution in [-0.2, 0) is 11.3 Å². The second-order valence-electron chi connectivity index (χ2n) is 4.76. The van der Waals surface area contributed by atoms with E-state index < -0.39 is 0 Å². The Kier molecular flexibility index (Phi) is 3.15. The molecule has 3 N–H and O–H groups in total. The number of nitrogens with one attached hydrogen (secondary N) is 1. The van der Waals surface area contributed by atoms with Gasteiger partial charge in [-0.15, -0.1) is 0 Å². The van der Waals surface area contributed by atoms with Crippen LogP contribution < -0.4 is 16.0 Å². The molecule has 2 aromatic rings. The lowest BCUT2D eigenvalue weighted by Crippen LogP contribution is -2.49. The highest BCUT2D eigenvalue weighted by molar-refractivity contribution is 6.09. The van der Waals surface area contributed by atoms with Crippen LogP contribution in [0.5, 0.6) is 0 Å². The average Bonchev–Trinajstić information content (AvgIpc) is 2.83. The Hall–Kier alpha value is -2.34. The molecule has 0 atom stereocenters. The topological polar surface area (TPSA) is 80.4 Å². The second-order valence-corrected chi connectivity index (χ2v) is 4.76. The number of nitrogens with zero attached hydrogens (tertiary/aromatic N) is 2. The summed E-state index contributed by atoms with van der Waals surface area (Å²) in [5.41, 5.74) is 7.46. The van der Waals surface area contributed by atoms with Gasteiger partial charge in [0, 0.05) is 37.6 Å². The lowest BCUT2D eigenvalue weighted by atomic mass is 10.1. The van der Waals surface area contributed by atoms with Gasteiger partial charge in [0.25, 0.3) is 0 Å². The molecule has 1 aliphatic heterocycles. The van der Waals surface area contributed by atoms with E-state index in [4.69, 9.17) is 5.73 Å². The standard InChI is InChI=1S/C14H16N4O2/c15-6-9-17-7-4-10-11(17)2-1-3-12(10)18-8-5-13(19)16-14(18)20/h1-4,7H,5-6,8-9,15H2,(H,16,19,20). The quantitative estimate of drug-likeness (QED) is 0.876. The summed E-state index contributed by atoms with van der Waals surface area (Å²) >= 11 is 0. The molecule has 0 aliphatic carbocycles. The van der Waals surface area contributed by atoms with Crippen LogP contribution in [0.2, 0.25) is 0 Å². The van der Waals surface area contributed by atoms with Gasteiger partial charge in [0.05, 0.1) is 11.2 Å². The zero-order valence-corrected chi connectivity index (χ0v) is 11.0. The van der Waals surface area contributed by atoms with Gasteiger partial charge in [-0.2, -0.15) is 0 Å². The number of carbonyl (C=O) groups is 2. The van der Waals surface area contributed by atoms with Crippen LogP contribution >= 0.6 is 0 Å². The fraction of sp³-hybridized carbons (Fsp3) is 0.286. The molecule has 0 spiro atoms. The van der Waals surface area contributed by atoms with Gasteiger partial charge in [0.2, 0.25) is 5.91 Å². The van der Waals surface area contributed by atoms with Gasteiger partial charge in [-0.1, -0.05) is 6.07 Å². The molecule has 0 unspecified atom stereocenters. The van der Waals surface area contributed by atoms with Crippen molar-refractivity contribution < 1.29 is 9.59 Å². The van der Waals surface area contributed by atoms with E-state index in [0.717, 1.165) is 23.1 Å². The van der Waals surface area contributed by atoms with Crippen molar-refractivity contribution >= 4 is 28.5 Å². The monoisotopic (exact) mass is 272 g/mol. The molecule has 20 heavy (non-hydrogen) atoms. The average molecular weight is 272 g/mol. The van der Waals surface area contributed by atoms with Crippen LogP contribution in [0.15, 0.2) is 30.5 Å². The Bertz CT molecular complexity index is 677. The maximum Gasteiger partial charge on any atom is 0.328 e. The summed E-state index contributed by atoms with van der Waals surface area (Å²) in [5.74, 6) is -0.223. The van der Waals surface area contributed by atoms with E-state index >= 15 is 0 Å². The summed E-state index contributed by atoms with van der Waals surface area (Å²) in [6.45, 7) is 1.70. The molecule has 104 valence electrons. The minimum Gasteiger partial charge on any atom is -0.346 e. The summed E-state index contributed by atoms with van der Waals surface area (Å²) in [4.78, 5) is 24.8. The third kappa shape index (κ3) is 2.04. The van der Waals surface area contributed by atoms with Crippen molar-refractivity contribution in [3.8, 4) is 0 Å². The van der Waals surface area contributed by atoms with Crippen molar-refractivity contribution in [2.45, 2.75) is 13.0 Å². The van der Waals surface area contributed by atoms with Gasteiger partial charge in [-0.25, -0.2) is 4.79 Å². The lowest BCUT2D eigenvalue weighted by molar-refractivity contribution is -0.120. The molecule has 1 fully saturated rings. The van der Waals surface area contributed by atoms with E-state index in [9.17, 15) is 9.59 Å². The lowest BCUT2D eigenvalue weighted by Gasteiger charge is -2.27. The van der Waals surface area contributed by atoms with Crippen LogP contribution in [0.3, 0.4) is 0 Å². The molecule has 3 rings (SSSR count). The minimum atomic E-state index is -0.361. The first-order valence-corrected chi connectivity index (χ1v) is 6.60. The van der Waals surface area contributed by atoms with E-state index in [0.29, 0.717) is 19.5 Å². The van der Waals surface area contributed by atoms with Crippen LogP contribution in [0, 0.1) is 0 Å². The van der Waals surface area contributed by atoms with Crippen molar-refractivity contribution in [3.05, 3.63) is 30.5 Å². The molecule has 2 heterocycles. The highest BCUT2D eigenvalue weighted by Crippen LogP contribution is 2.28. The molecular formula is C14H16N4O2. The fourth-order valence-corrected chi connectivity index (χ4v) is 2.57. The number of anilines is 1. The molecule has 1 saturated heterocycles. The zero-order chi connectivity index (χ0) is 14.1. The molecular weight excluding hydrogens is 256 g/mol. The molecule has 6 nitrogen and oxygen atoms in total. The SMILES string of the molecule is NCCn1ccc2c(N3CCC(=O)NC3=O)cccc21. The summed E-state index contributed by atoms with van der Waals surface area (Å²) in [7, 11) is 0. The van der Waals surface area contributed by atoms with E-state index in [1.807, 2.05) is 30.5 Å². The van der Waals surface area contributed by atoms with Gasteiger partial charge >= 0.3 is 6.03 Å². The number of hydrogen-bond acceptors (Lipinski definition) is 3. The van der Waals surface area contributed by atoms with Crippen LogP contribution in [0.4, 0.5) is 10.5 Å². The van der Waals surface area contributed by atoms with Gasteiger partial charge in [0.15, 0.2) is 0 Å². The number of benzene rings is 1. The number of carbonyl (C=O) groups excluding carboxylic acids is 2. The fourth-order valence-electron chi connectivity index (χ4n) is 2.57. The Balaban J connectivity index is 2.03. The van der Waals surface area contributed by atoms with Gasteiger partial charge in [-0.3, -0.25) is 15.0 Å². The van der Waals surface area contributed by atoms with Crippen molar-refractivity contribution in [1.29, 1.82) is 0 Å². The molecule has 1 aromatic carbocycles. The Morgan fingerprint density at radius 3 is 2.85 bits per heavy atom. The maximum absolute atomic E-state index is 11.9. The maximum atomic E-state index is 11.9. The van der Waals surface area contributed by atoms with Gasteiger partial charge in [0.1, 0.15) is 0 Å². The highest BCUT2D eigenvalue weighted by Gasteiger charge is 2.25. The largest absolute Gasteiger partial charge is 0.346 e. The molecule has 1 aliphatic rings. The number of fused-ring (bicyclic) bond motifs is 1. The van der Waals surface area contributed by atoms with E-state index in [2.05, 4.69) is 9.88 Å². The first-order chi connectivity index (χ1) is 9.70. The second kappa shape index (κ2) is 4.97. The van der Waals surface area contributed by atoms with E-state index in [-0.39, 0.29) is 11.9 Å². The molecule has 0 radical (unpaired) electrons. The molecule has 3 amide bonds.